The molecule has 2 rings (SSSR count). The van der Waals surface area contributed by atoms with Crippen molar-refractivity contribution in [3.8, 4) is 0 Å². The third-order valence-electron chi connectivity index (χ3n) is 3.32. The zero-order valence-electron chi connectivity index (χ0n) is 13.1. The van der Waals surface area contributed by atoms with Crippen molar-refractivity contribution in [1.29, 1.82) is 0 Å². The quantitative estimate of drug-likeness (QED) is 0.651. The van der Waals surface area contributed by atoms with Gasteiger partial charge >= 0.3 is 10.7 Å². The van der Waals surface area contributed by atoms with Crippen LogP contribution in [0.15, 0.2) is 32.5 Å². The summed E-state index contributed by atoms with van der Waals surface area (Å²) in [6.07, 6.45) is 0.603. The Labute approximate surface area is 132 Å². The molecule has 0 radical (unpaired) electrons. The normalized spacial score (nSPS) is 12.2. The molecule has 1 unspecified atom stereocenters. The SMILES string of the molecule is CCC(Sc1c(=O)o[nH][n+]1C)C(=O)Nc1cc(C)ccc1C. The number of carbonyl (C=O) groups excluding carboxylic acids is 1. The fourth-order valence-electron chi connectivity index (χ4n) is 2.00. The van der Waals surface area contributed by atoms with E-state index >= 15 is 0 Å². The second-order valence-electron chi connectivity index (χ2n) is 5.17. The first-order valence-electron chi connectivity index (χ1n) is 7.04. The third kappa shape index (κ3) is 3.59. The molecule has 0 saturated heterocycles. The number of anilines is 1. The van der Waals surface area contributed by atoms with Crippen molar-refractivity contribution in [1.82, 2.24) is 5.27 Å². The molecular formula is C15H20N3O3S+. The molecule has 7 heteroatoms. The van der Waals surface area contributed by atoms with Crippen molar-refractivity contribution < 1.29 is 14.0 Å². The molecule has 118 valence electrons. The number of hydrogen-bond acceptors (Lipinski definition) is 4. The number of aromatic amines is 1. The van der Waals surface area contributed by atoms with E-state index < -0.39 is 5.63 Å². The summed E-state index contributed by atoms with van der Waals surface area (Å²) >= 11 is 1.20. The number of aromatic nitrogens is 2. The van der Waals surface area contributed by atoms with E-state index in [1.165, 1.54) is 16.4 Å². The Hall–Kier alpha value is -2.02. The lowest BCUT2D eigenvalue weighted by molar-refractivity contribution is -0.772. The predicted octanol–water partition coefficient (Wildman–Crippen LogP) is 1.92. The molecule has 0 aliphatic rings. The van der Waals surface area contributed by atoms with E-state index in [2.05, 4.69) is 10.6 Å². The van der Waals surface area contributed by atoms with Crippen LogP contribution >= 0.6 is 11.8 Å². The van der Waals surface area contributed by atoms with E-state index in [1.54, 1.807) is 7.05 Å². The van der Waals surface area contributed by atoms with Gasteiger partial charge < -0.3 is 5.32 Å². The number of nitrogens with one attached hydrogen (secondary N) is 2. The number of rotatable bonds is 5. The number of aryl methyl sites for hydroxylation is 3. The van der Waals surface area contributed by atoms with Crippen LogP contribution in [0.25, 0.3) is 0 Å². The summed E-state index contributed by atoms with van der Waals surface area (Å²) in [5.74, 6) is -0.123. The molecule has 22 heavy (non-hydrogen) atoms. The van der Waals surface area contributed by atoms with Gasteiger partial charge in [-0.05, 0) is 54.5 Å². The number of hydrogen-bond donors (Lipinski definition) is 2. The van der Waals surface area contributed by atoms with E-state index in [0.717, 1.165) is 16.8 Å². The minimum atomic E-state index is -0.467. The molecule has 1 aromatic carbocycles. The Kier molecular flexibility index (Phi) is 5.07. The molecule has 6 nitrogen and oxygen atoms in total. The molecule has 0 saturated carbocycles. The van der Waals surface area contributed by atoms with Crippen molar-refractivity contribution in [3.05, 3.63) is 39.7 Å². The molecule has 1 amide bonds. The van der Waals surface area contributed by atoms with Crippen LogP contribution in [0.5, 0.6) is 0 Å². The second kappa shape index (κ2) is 6.83. The maximum atomic E-state index is 12.5. The number of nitrogens with zero attached hydrogens (tertiary/aromatic N) is 1. The van der Waals surface area contributed by atoms with Crippen molar-refractivity contribution in [3.63, 3.8) is 0 Å². The maximum Gasteiger partial charge on any atom is 0.441 e. The maximum absolute atomic E-state index is 12.5. The van der Waals surface area contributed by atoms with Crippen LogP contribution in [0.1, 0.15) is 24.5 Å². The minimum Gasteiger partial charge on any atom is -0.325 e. The van der Waals surface area contributed by atoms with Gasteiger partial charge in [0, 0.05) is 5.69 Å². The predicted molar refractivity (Wildman–Crippen MR) is 85.0 cm³/mol. The number of amides is 1. The second-order valence-corrected chi connectivity index (χ2v) is 6.36. The van der Waals surface area contributed by atoms with E-state index in [9.17, 15) is 9.59 Å². The van der Waals surface area contributed by atoms with Gasteiger partial charge in [0.2, 0.25) is 5.91 Å². The first-order valence-corrected chi connectivity index (χ1v) is 7.92. The number of carbonyl (C=O) groups is 1. The standard InChI is InChI=1S/C15H19N3O3S/c1-5-12(22-14-15(20)21-17-18(14)4)13(19)16-11-8-9(2)6-7-10(11)3/h6-8,12H,5H2,1-4H3,(H-,16,17,19,20)/p+1. The molecule has 0 fully saturated rings. The van der Waals surface area contributed by atoms with Crippen LogP contribution < -0.4 is 15.6 Å². The van der Waals surface area contributed by atoms with Gasteiger partial charge in [0.05, 0.1) is 5.25 Å². The summed E-state index contributed by atoms with van der Waals surface area (Å²) in [5, 5.41) is 5.40. The fourth-order valence-corrected chi connectivity index (χ4v) is 2.94. The Morgan fingerprint density at radius 3 is 2.77 bits per heavy atom. The van der Waals surface area contributed by atoms with Crippen LogP contribution in [-0.2, 0) is 11.8 Å². The molecule has 0 aliphatic heterocycles. The van der Waals surface area contributed by atoms with Gasteiger partial charge in [0.25, 0.3) is 0 Å². The molecule has 2 N–H and O–H groups in total. The van der Waals surface area contributed by atoms with E-state index in [4.69, 9.17) is 4.52 Å². The highest BCUT2D eigenvalue weighted by Crippen LogP contribution is 2.23. The highest BCUT2D eigenvalue weighted by molar-refractivity contribution is 8.00. The third-order valence-corrected chi connectivity index (χ3v) is 4.82. The van der Waals surface area contributed by atoms with E-state index in [-0.39, 0.29) is 11.2 Å². The first kappa shape index (κ1) is 16.4. The lowest BCUT2D eigenvalue weighted by atomic mass is 10.1. The molecule has 0 bridgehead atoms. The van der Waals surface area contributed by atoms with Crippen molar-refractivity contribution in [2.45, 2.75) is 37.5 Å². The van der Waals surface area contributed by atoms with Gasteiger partial charge in [-0.3, -0.25) is 9.32 Å². The van der Waals surface area contributed by atoms with Crippen LogP contribution in [0.3, 0.4) is 0 Å². The summed E-state index contributed by atoms with van der Waals surface area (Å²) in [7, 11) is 1.67. The van der Waals surface area contributed by atoms with Gasteiger partial charge in [0.15, 0.2) is 7.05 Å². The van der Waals surface area contributed by atoms with Crippen LogP contribution in [0, 0.1) is 13.8 Å². The summed E-state index contributed by atoms with van der Waals surface area (Å²) < 4.78 is 6.18. The molecule has 2 aromatic rings. The lowest BCUT2D eigenvalue weighted by Gasteiger charge is -2.14. The van der Waals surface area contributed by atoms with Gasteiger partial charge in [-0.1, -0.05) is 23.7 Å². The molecular weight excluding hydrogens is 302 g/mol. The zero-order valence-corrected chi connectivity index (χ0v) is 13.9. The summed E-state index contributed by atoms with van der Waals surface area (Å²) in [6, 6.07) is 5.91. The van der Waals surface area contributed by atoms with Crippen molar-refractivity contribution >= 4 is 23.4 Å². The highest BCUT2D eigenvalue weighted by atomic mass is 32.2. The van der Waals surface area contributed by atoms with Gasteiger partial charge in [-0.15, -0.1) is 0 Å². The Balaban J connectivity index is 2.15. The van der Waals surface area contributed by atoms with Gasteiger partial charge in [0.1, 0.15) is 0 Å². The van der Waals surface area contributed by atoms with Crippen molar-refractivity contribution in [2.24, 2.45) is 7.05 Å². The smallest absolute Gasteiger partial charge is 0.325 e. The summed E-state index contributed by atoms with van der Waals surface area (Å²) in [4.78, 5) is 24.1. The number of H-pyrrole nitrogens is 1. The molecule has 1 heterocycles. The Morgan fingerprint density at radius 1 is 1.45 bits per heavy atom. The number of thioether (sulfide) groups is 1. The largest absolute Gasteiger partial charge is 0.441 e. The summed E-state index contributed by atoms with van der Waals surface area (Å²) in [5.41, 5.74) is 2.42. The molecule has 0 spiro atoms. The van der Waals surface area contributed by atoms with E-state index in [0.29, 0.717) is 11.4 Å². The number of benzene rings is 1. The fraction of sp³-hybridized carbons (Fsp3) is 0.400. The Morgan fingerprint density at radius 2 is 2.18 bits per heavy atom. The average molecular weight is 322 g/mol. The lowest BCUT2D eigenvalue weighted by Crippen LogP contribution is -2.35. The minimum absolute atomic E-state index is 0.123. The Bertz CT molecular complexity index is 736. The summed E-state index contributed by atoms with van der Waals surface area (Å²) in [6.45, 7) is 5.84. The van der Waals surface area contributed by atoms with Crippen LogP contribution in [-0.4, -0.2) is 16.4 Å². The van der Waals surface area contributed by atoms with Gasteiger partial charge in [-0.2, -0.15) is 0 Å². The monoisotopic (exact) mass is 322 g/mol. The van der Waals surface area contributed by atoms with Crippen molar-refractivity contribution in [2.75, 3.05) is 5.32 Å². The molecule has 1 atom stereocenters. The molecule has 1 aromatic heterocycles. The highest BCUT2D eigenvalue weighted by Gasteiger charge is 2.27. The van der Waals surface area contributed by atoms with Gasteiger partial charge in [-0.25, -0.2) is 4.79 Å². The first-order chi connectivity index (χ1) is 10.4. The zero-order chi connectivity index (χ0) is 16.3. The molecule has 0 aliphatic carbocycles. The van der Waals surface area contributed by atoms with E-state index in [1.807, 2.05) is 39.0 Å². The van der Waals surface area contributed by atoms with Crippen LogP contribution in [0.4, 0.5) is 5.69 Å². The van der Waals surface area contributed by atoms with Crippen LogP contribution in [0.2, 0.25) is 0 Å². The average Bonchev–Trinajstić information content (AvgIpc) is 2.79. The topological polar surface area (TPSA) is 79.0 Å².